The van der Waals surface area contributed by atoms with Crippen LogP contribution in [-0.4, -0.2) is 17.6 Å². The van der Waals surface area contributed by atoms with Crippen molar-refractivity contribution in [3.8, 4) is 0 Å². The van der Waals surface area contributed by atoms with Crippen molar-refractivity contribution < 1.29 is 9.53 Å². The highest BCUT2D eigenvalue weighted by molar-refractivity contribution is 6.08. The number of H-pyrrole nitrogens is 1. The second kappa shape index (κ2) is 5.21. The summed E-state index contributed by atoms with van der Waals surface area (Å²) >= 11 is 0. The average Bonchev–Trinajstić information content (AvgIpc) is 2.86. The lowest BCUT2D eigenvalue weighted by Gasteiger charge is -2.04. The smallest absolute Gasteiger partial charge is 0.330 e. The van der Waals surface area contributed by atoms with Crippen LogP contribution in [0.4, 0.5) is 0 Å². The van der Waals surface area contributed by atoms with E-state index in [9.17, 15) is 4.79 Å². The first-order valence-corrected chi connectivity index (χ1v) is 6.57. The quantitative estimate of drug-likeness (QED) is 0.578. The van der Waals surface area contributed by atoms with E-state index in [0.29, 0.717) is 13.0 Å². The van der Waals surface area contributed by atoms with Gasteiger partial charge in [0, 0.05) is 34.3 Å². The van der Waals surface area contributed by atoms with Crippen LogP contribution in [0, 0.1) is 0 Å². The molecular formula is C17H15NO2. The van der Waals surface area contributed by atoms with Crippen LogP contribution in [0.3, 0.4) is 0 Å². The van der Waals surface area contributed by atoms with Gasteiger partial charge in [-0.3, -0.25) is 0 Å². The Hall–Kier alpha value is -2.55. The van der Waals surface area contributed by atoms with Crippen molar-refractivity contribution in [1.29, 1.82) is 0 Å². The van der Waals surface area contributed by atoms with Gasteiger partial charge in [-0.15, -0.1) is 0 Å². The summed E-state index contributed by atoms with van der Waals surface area (Å²) in [7, 11) is 0. The van der Waals surface area contributed by atoms with Crippen LogP contribution in [0.15, 0.2) is 55.1 Å². The van der Waals surface area contributed by atoms with Crippen LogP contribution in [0.5, 0.6) is 0 Å². The fourth-order valence-electron chi connectivity index (χ4n) is 2.46. The van der Waals surface area contributed by atoms with Crippen molar-refractivity contribution in [2.24, 2.45) is 0 Å². The SMILES string of the molecule is C=CC(=O)OCCc1cccc2c1[nH]c1ccccc12. The standard InChI is InChI=1S/C17H15NO2/c1-2-16(19)20-11-10-12-6-5-8-14-13-7-3-4-9-15(13)18-17(12)14/h2-9,18H,1,10-11H2. The Balaban J connectivity index is 1.95. The van der Waals surface area contributed by atoms with Gasteiger partial charge >= 0.3 is 5.97 Å². The Labute approximate surface area is 116 Å². The van der Waals surface area contributed by atoms with E-state index in [2.05, 4.69) is 35.8 Å². The molecule has 0 radical (unpaired) electrons. The molecule has 0 unspecified atom stereocenters. The molecule has 1 N–H and O–H groups in total. The predicted molar refractivity (Wildman–Crippen MR) is 80.7 cm³/mol. The van der Waals surface area contributed by atoms with Gasteiger partial charge in [-0.05, 0) is 11.6 Å². The third-order valence-electron chi connectivity index (χ3n) is 3.41. The van der Waals surface area contributed by atoms with Crippen molar-refractivity contribution in [3.05, 3.63) is 60.7 Å². The second-order valence-electron chi connectivity index (χ2n) is 4.63. The number of carbonyl (C=O) groups excluding carboxylic acids is 1. The van der Waals surface area contributed by atoms with Crippen molar-refractivity contribution >= 4 is 27.8 Å². The highest BCUT2D eigenvalue weighted by Gasteiger charge is 2.07. The van der Waals surface area contributed by atoms with Gasteiger partial charge in [-0.2, -0.15) is 0 Å². The van der Waals surface area contributed by atoms with Gasteiger partial charge in [0.15, 0.2) is 0 Å². The third-order valence-corrected chi connectivity index (χ3v) is 3.41. The molecule has 3 aromatic rings. The van der Waals surface area contributed by atoms with Gasteiger partial charge in [0.25, 0.3) is 0 Å². The zero-order chi connectivity index (χ0) is 13.9. The number of esters is 1. The first-order valence-electron chi connectivity index (χ1n) is 6.57. The maximum atomic E-state index is 11.1. The number of carbonyl (C=O) groups is 1. The fraction of sp³-hybridized carbons (Fsp3) is 0.118. The molecule has 1 aromatic heterocycles. The predicted octanol–water partition coefficient (Wildman–Crippen LogP) is 3.59. The highest BCUT2D eigenvalue weighted by Crippen LogP contribution is 2.27. The normalized spacial score (nSPS) is 10.8. The molecule has 0 saturated carbocycles. The molecule has 3 heteroatoms. The summed E-state index contributed by atoms with van der Waals surface area (Å²) in [6.45, 7) is 3.74. The van der Waals surface area contributed by atoms with E-state index < -0.39 is 0 Å². The third kappa shape index (κ3) is 2.18. The molecule has 0 saturated heterocycles. The van der Waals surface area contributed by atoms with E-state index in [-0.39, 0.29) is 5.97 Å². The van der Waals surface area contributed by atoms with Crippen molar-refractivity contribution in [1.82, 2.24) is 4.98 Å². The summed E-state index contributed by atoms with van der Waals surface area (Å²) in [6, 6.07) is 14.4. The van der Waals surface area contributed by atoms with E-state index >= 15 is 0 Å². The van der Waals surface area contributed by atoms with Gasteiger partial charge in [0.1, 0.15) is 0 Å². The summed E-state index contributed by atoms with van der Waals surface area (Å²) < 4.78 is 5.05. The van der Waals surface area contributed by atoms with Crippen LogP contribution in [0.25, 0.3) is 21.8 Å². The second-order valence-corrected chi connectivity index (χ2v) is 4.63. The summed E-state index contributed by atoms with van der Waals surface area (Å²) in [5.41, 5.74) is 3.39. The van der Waals surface area contributed by atoms with Crippen molar-refractivity contribution in [2.75, 3.05) is 6.61 Å². The summed E-state index contributed by atoms with van der Waals surface area (Å²) in [6.07, 6.45) is 1.87. The number of fused-ring (bicyclic) bond motifs is 3. The molecule has 0 aliphatic carbocycles. The maximum absolute atomic E-state index is 11.1. The Bertz CT molecular complexity index is 786. The number of aromatic amines is 1. The minimum atomic E-state index is -0.381. The molecule has 20 heavy (non-hydrogen) atoms. The molecule has 0 bridgehead atoms. The molecule has 0 spiro atoms. The Morgan fingerprint density at radius 2 is 1.95 bits per heavy atom. The lowest BCUT2D eigenvalue weighted by molar-refractivity contribution is -0.137. The van der Waals surface area contributed by atoms with Crippen molar-refractivity contribution in [2.45, 2.75) is 6.42 Å². The van der Waals surface area contributed by atoms with Crippen molar-refractivity contribution in [3.63, 3.8) is 0 Å². The largest absolute Gasteiger partial charge is 0.462 e. The molecule has 3 rings (SSSR count). The molecule has 2 aromatic carbocycles. The zero-order valence-corrected chi connectivity index (χ0v) is 11.1. The molecule has 0 aliphatic heterocycles. The Morgan fingerprint density at radius 3 is 2.80 bits per heavy atom. The maximum Gasteiger partial charge on any atom is 0.330 e. The lowest BCUT2D eigenvalue weighted by Crippen LogP contribution is -2.04. The van der Waals surface area contributed by atoms with Gasteiger partial charge in [-0.1, -0.05) is 43.0 Å². The molecule has 0 amide bonds. The number of nitrogens with one attached hydrogen (secondary N) is 1. The molecule has 0 fully saturated rings. The van der Waals surface area contributed by atoms with E-state index in [1.165, 1.54) is 16.8 Å². The fourth-order valence-corrected chi connectivity index (χ4v) is 2.46. The lowest BCUT2D eigenvalue weighted by atomic mass is 10.1. The minimum Gasteiger partial charge on any atom is -0.462 e. The first-order chi connectivity index (χ1) is 9.79. The van der Waals surface area contributed by atoms with Gasteiger partial charge in [-0.25, -0.2) is 4.79 Å². The number of para-hydroxylation sites is 2. The first kappa shape index (κ1) is 12.5. The number of ether oxygens (including phenoxy) is 1. The van der Waals surface area contributed by atoms with Crippen LogP contribution in [-0.2, 0) is 16.0 Å². The zero-order valence-electron chi connectivity index (χ0n) is 11.1. The highest BCUT2D eigenvalue weighted by atomic mass is 16.5. The number of benzene rings is 2. The summed E-state index contributed by atoms with van der Waals surface area (Å²) in [5, 5.41) is 2.42. The molecule has 0 aliphatic rings. The van der Waals surface area contributed by atoms with E-state index in [4.69, 9.17) is 4.74 Å². The van der Waals surface area contributed by atoms with E-state index in [0.717, 1.165) is 16.6 Å². The topological polar surface area (TPSA) is 42.1 Å². The Morgan fingerprint density at radius 1 is 1.15 bits per heavy atom. The van der Waals surface area contributed by atoms with Gasteiger partial charge < -0.3 is 9.72 Å². The molecule has 100 valence electrons. The van der Waals surface area contributed by atoms with E-state index in [1.54, 1.807) is 0 Å². The molecule has 0 atom stereocenters. The number of hydrogen-bond acceptors (Lipinski definition) is 2. The number of hydrogen-bond donors (Lipinski definition) is 1. The number of aromatic nitrogens is 1. The summed E-state index contributed by atoms with van der Waals surface area (Å²) in [4.78, 5) is 14.5. The molecule has 3 nitrogen and oxygen atoms in total. The van der Waals surface area contributed by atoms with Crippen LogP contribution >= 0.6 is 0 Å². The van der Waals surface area contributed by atoms with Gasteiger partial charge in [0.05, 0.1) is 6.61 Å². The Kier molecular flexibility index (Phi) is 3.25. The minimum absolute atomic E-state index is 0.360. The monoisotopic (exact) mass is 265 g/mol. The number of rotatable bonds is 4. The van der Waals surface area contributed by atoms with Crippen LogP contribution < -0.4 is 0 Å². The summed E-state index contributed by atoms with van der Waals surface area (Å²) in [5.74, 6) is -0.381. The average molecular weight is 265 g/mol. The van der Waals surface area contributed by atoms with Crippen LogP contribution in [0.2, 0.25) is 0 Å². The molecular weight excluding hydrogens is 250 g/mol. The van der Waals surface area contributed by atoms with Gasteiger partial charge in [0.2, 0.25) is 0 Å². The van der Waals surface area contributed by atoms with Crippen LogP contribution in [0.1, 0.15) is 5.56 Å². The molecule has 1 heterocycles. The van der Waals surface area contributed by atoms with E-state index in [1.807, 2.05) is 18.2 Å².